The fourth-order valence-corrected chi connectivity index (χ4v) is 5.11. The Labute approximate surface area is 246 Å². The second-order valence-electron chi connectivity index (χ2n) is 9.56. The molecular formula is C35H33BF2N2O2. The Morgan fingerprint density at radius 2 is 1.12 bits per heavy atom. The maximum absolute atomic E-state index is 13.7. The molecule has 2 N–H and O–H groups in total. The van der Waals surface area contributed by atoms with Crippen LogP contribution in [0.4, 0.5) is 8.63 Å². The van der Waals surface area contributed by atoms with Gasteiger partial charge in [0.2, 0.25) is 5.78 Å². The molecule has 0 unspecified atom stereocenters. The van der Waals surface area contributed by atoms with Crippen LogP contribution in [0.15, 0.2) is 66.7 Å². The molecule has 0 aliphatic carbocycles. The summed E-state index contributed by atoms with van der Waals surface area (Å²) >= 11 is 0. The van der Waals surface area contributed by atoms with E-state index in [1.54, 1.807) is 0 Å². The fourth-order valence-electron chi connectivity index (χ4n) is 5.11. The van der Waals surface area contributed by atoms with Gasteiger partial charge in [-0.25, -0.2) is 8.63 Å². The minimum absolute atomic E-state index is 0.221. The van der Waals surface area contributed by atoms with Crippen molar-refractivity contribution in [2.24, 2.45) is 0 Å². The van der Waals surface area contributed by atoms with Gasteiger partial charge < -0.3 is 14.6 Å². The predicted molar refractivity (Wildman–Crippen MR) is 165 cm³/mol. The molecular weight excluding hydrogens is 529 g/mol. The summed E-state index contributed by atoms with van der Waals surface area (Å²) in [5.41, 5.74) is 7.07. The van der Waals surface area contributed by atoms with Gasteiger partial charge in [-0.05, 0) is 84.0 Å². The number of aromatic amines is 2. The Kier molecular flexibility index (Phi) is 10.2. The minimum atomic E-state index is -3.12. The molecule has 2 aromatic carbocycles. The maximum Gasteiger partial charge on any atom is 0.796 e. The normalized spacial score (nSPS) is 10.9. The first kappa shape index (κ1) is 30.2. The molecule has 2 heterocycles. The van der Waals surface area contributed by atoms with Crippen molar-refractivity contribution in [2.45, 2.75) is 53.4 Å². The van der Waals surface area contributed by atoms with Crippen molar-refractivity contribution in [3.05, 3.63) is 123 Å². The van der Waals surface area contributed by atoms with E-state index in [1.165, 1.54) is 0 Å². The summed E-state index contributed by atoms with van der Waals surface area (Å²) in [7, 11) is -3.12. The molecule has 0 spiro atoms. The first-order valence-electron chi connectivity index (χ1n) is 14.2. The van der Waals surface area contributed by atoms with E-state index < -0.39 is 13.3 Å². The average Bonchev–Trinajstić information content (AvgIpc) is 3.56. The number of allylic oxidation sites excluding steroid dienone is 1. The van der Waals surface area contributed by atoms with Crippen LogP contribution in [-0.2, 0) is 30.3 Å². The molecule has 0 aliphatic rings. The predicted octanol–water partition coefficient (Wildman–Crippen LogP) is 7.56. The monoisotopic (exact) mass is 562 g/mol. The van der Waals surface area contributed by atoms with E-state index in [9.17, 15) is 13.4 Å². The Morgan fingerprint density at radius 1 is 0.690 bits per heavy atom. The molecule has 0 saturated heterocycles. The zero-order valence-corrected chi connectivity index (χ0v) is 24.3. The van der Waals surface area contributed by atoms with Crippen molar-refractivity contribution in [2.75, 3.05) is 0 Å². The molecule has 0 bridgehead atoms. The molecule has 4 rings (SSSR count). The lowest BCUT2D eigenvalue weighted by Gasteiger charge is -2.10. The van der Waals surface area contributed by atoms with E-state index in [0.29, 0.717) is 48.5 Å². The molecule has 0 aliphatic heterocycles. The zero-order chi connectivity index (χ0) is 30.1. The number of ketones is 1. The summed E-state index contributed by atoms with van der Waals surface area (Å²) in [6.07, 6.45) is 3.56. The lowest BCUT2D eigenvalue weighted by Crippen LogP contribution is -2.09. The molecule has 2 aromatic heterocycles. The highest BCUT2D eigenvalue weighted by Crippen LogP contribution is 2.29. The molecule has 0 amide bonds. The fraction of sp³-hybridized carbons (Fsp3) is 0.229. The van der Waals surface area contributed by atoms with Crippen LogP contribution >= 0.6 is 0 Å². The third kappa shape index (κ3) is 6.93. The number of benzene rings is 2. The molecule has 42 heavy (non-hydrogen) atoms. The van der Waals surface area contributed by atoms with Gasteiger partial charge in [0.15, 0.2) is 0 Å². The highest BCUT2D eigenvalue weighted by Gasteiger charge is 2.27. The number of nitrogens with one attached hydrogen (secondary N) is 2. The van der Waals surface area contributed by atoms with E-state index >= 15 is 0 Å². The number of rotatable bonds is 9. The van der Waals surface area contributed by atoms with Crippen LogP contribution in [-0.4, -0.2) is 23.2 Å². The van der Waals surface area contributed by atoms with Gasteiger partial charge in [0, 0.05) is 17.2 Å². The number of aromatic nitrogens is 2. The number of H-pyrrole nitrogens is 2. The molecule has 4 nitrogen and oxygen atoms in total. The summed E-state index contributed by atoms with van der Waals surface area (Å²) in [5, 5.41) is 0. The number of carbonyl (C=O) groups is 1. The number of hydrogen-bond donors (Lipinski definition) is 2. The second-order valence-corrected chi connectivity index (χ2v) is 9.56. The number of carbonyl (C=O) groups excluding carboxylic acids is 1. The molecule has 7 heteroatoms. The topological polar surface area (TPSA) is 57.9 Å². The molecule has 4 aromatic rings. The quantitative estimate of drug-likeness (QED) is 0.0728. The van der Waals surface area contributed by atoms with Crippen molar-refractivity contribution >= 4 is 19.0 Å². The van der Waals surface area contributed by atoms with Crippen molar-refractivity contribution in [1.29, 1.82) is 0 Å². The van der Waals surface area contributed by atoms with E-state index in [4.69, 9.17) is 4.65 Å². The number of halogens is 2. The van der Waals surface area contributed by atoms with Crippen LogP contribution in [0, 0.1) is 23.7 Å². The van der Waals surface area contributed by atoms with Gasteiger partial charge in [0.1, 0.15) is 5.76 Å². The summed E-state index contributed by atoms with van der Waals surface area (Å²) < 4.78 is 32.4. The average molecular weight is 562 g/mol. The standard InChI is InChI=1S/C35H33BF2N2O2/c1-5-26-28(7-3)34(39-30(26)21-19-24-15-11-9-12-16-24)32(41)23-33(42-36(37)38)35-29(8-4)27(6-2)31(40-35)22-20-25-17-13-10-14-18-25/h9-18,23,39-40H,5-8H2,1-4H3/b33-23-. The lowest BCUT2D eigenvalue weighted by molar-refractivity contribution is 0.104. The van der Waals surface area contributed by atoms with Crippen LogP contribution in [0.2, 0.25) is 0 Å². The molecule has 0 atom stereocenters. The van der Waals surface area contributed by atoms with Crippen LogP contribution in [0.3, 0.4) is 0 Å². The van der Waals surface area contributed by atoms with Crippen LogP contribution in [0.25, 0.3) is 5.76 Å². The second kappa shape index (κ2) is 14.2. The summed E-state index contributed by atoms with van der Waals surface area (Å²) in [6.45, 7) is 7.88. The highest BCUT2D eigenvalue weighted by molar-refractivity contribution is 6.36. The van der Waals surface area contributed by atoms with Gasteiger partial charge in [-0.3, -0.25) is 4.79 Å². The van der Waals surface area contributed by atoms with Gasteiger partial charge in [0.25, 0.3) is 0 Å². The summed E-state index contributed by atoms with van der Waals surface area (Å²) in [5.74, 6) is 11.9. The third-order valence-electron chi connectivity index (χ3n) is 7.03. The smallest absolute Gasteiger partial charge is 0.503 e. The van der Waals surface area contributed by atoms with Gasteiger partial charge in [-0.1, -0.05) is 75.9 Å². The molecule has 212 valence electrons. The SMILES string of the molecule is CCc1c(C#Cc2ccccc2)[nH]c(C(=O)/C=C(\OB(F)F)c2[nH]c(C#Cc3ccccc3)c(CC)c2CC)c1CC. The summed E-state index contributed by atoms with van der Waals surface area (Å²) in [4.78, 5) is 20.1. The van der Waals surface area contributed by atoms with Crippen LogP contribution < -0.4 is 0 Å². The Hall–Kier alpha value is -4.75. The zero-order valence-electron chi connectivity index (χ0n) is 24.3. The Morgan fingerprint density at radius 3 is 1.55 bits per heavy atom. The van der Waals surface area contributed by atoms with E-state index in [1.807, 2.05) is 88.4 Å². The molecule has 0 fully saturated rings. The van der Waals surface area contributed by atoms with Crippen molar-refractivity contribution in [1.82, 2.24) is 9.97 Å². The highest BCUT2D eigenvalue weighted by atomic mass is 19.2. The van der Waals surface area contributed by atoms with Crippen molar-refractivity contribution in [3.8, 4) is 23.7 Å². The van der Waals surface area contributed by atoms with Crippen molar-refractivity contribution in [3.63, 3.8) is 0 Å². The molecule has 0 saturated carbocycles. The van der Waals surface area contributed by atoms with Gasteiger partial charge in [0.05, 0.1) is 22.8 Å². The van der Waals surface area contributed by atoms with Gasteiger partial charge >= 0.3 is 7.47 Å². The van der Waals surface area contributed by atoms with E-state index in [2.05, 4.69) is 33.6 Å². The van der Waals surface area contributed by atoms with Gasteiger partial charge in [-0.2, -0.15) is 0 Å². The lowest BCUT2D eigenvalue weighted by atomic mass is 10.00. The Balaban J connectivity index is 1.80. The van der Waals surface area contributed by atoms with Crippen LogP contribution in [0.5, 0.6) is 0 Å². The van der Waals surface area contributed by atoms with Gasteiger partial charge in [-0.15, -0.1) is 0 Å². The number of hydrogen-bond acceptors (Lipinski definition) is 2. The minimum Gasteiger partial charge on any atom is -0.503 e. The maximum atomic E-state index is 13.7. The largest absolute Gasteiger partial charge is 0.796 e. The van der Waals surface area contributed by atoms with Crippen LogP contribution in [0.1, 0.15) is 88.6 Å². The van der Waals surface area contributed by atoms with E-state index in [-0.39, 0.29) is 5.76 Å². The molecule has 0 radical (unpaired) electrons. The Bertz CT molecular complexity index is 1700. The van der Waals surface area contributed by atoms with E-state index in [0.717, 1.165) is 39.5 Å². The summed E-state index contributed by atoms with van der Waals surface area (Å²) in [6, 6.07) is 19.1. The first-order valence-corrected chi connectivity index (χ1v) is 14.2. The third-order valence-corrected chi connectivity index (χ3v) is 7.03. The van der Waals surface area contributed by atoms with Crippen molar-refractivity contribution < 1.29 is 18.1 Å². The first-order chi connectivity index (χ1) is 20.4.